The second kappa shape index (κ2) is 9.96. The highest BCUT2D eigenvalue weighted by molar-refractivity contribution is 5.91. The van der Waals surface area contributed by atoms with Crippen LogP contribution < -0.4 is 14.9 Å². The number of anilines is 1. The molecule has 0 bridgehead atoms. The van der Waals surface area contributed by atoms with Gasteiger partial charge in [0.1, 0.15) is 11.5 Å². The Morgan fingerprint density at radius 3 is 2.48 bits per heavy atom. The van der Waals surface area contributed by atoms with Crippen LogP contribution in [-0.2, 0) is 0 Å². The monoisotopic (exact) mass is 454 g/mol. The molecule has 0 fully saturated rings. The molecular formula is C21H15FN4O7. The van der Waals surface area contributed by atoms with Crippen molar-refractivity contribution in [3.05, 3.63) is 97.8 Å². The highest BCUT2D eigenvalue weighted by Crippen LogP contribution is 2.30. The van der Waals surface area contributed by atoms with Crippen LogP contribution in [0.3, 0.4) is 0 Å². The third kappa shape index (κ3) is 5.64. The summed E-state index contributed by atoms with van der Waals surface area (Å²) in [6, 6.07) is 12.6. The van der Waals surface area contributed by atoms with Gasteiger partial charge in [0.2, 0.25) is 0 Å². The Hall–Kier alpha value is -4.87. The van der Waals surface area contributed by atoms with Crippen LogP contribution in [0, 0.1) is 26.0 Å². The number of halogens is 1. The molecule has 11 nitrogen and oxygen atoms in total. The Balaban J connectivity index is 1.75. The number of hydrogen-bond acceptors (Lipinski definition) is 9. The lowest BCUT2D eigenvalue weighted by Crippen LogP contribution is -2.09. The Morgan fingerprint density at radius 2 is 1.82 bits per heavy atom. The average molecular weight is 454 g/mol. The van der Waals surface area contributed by atoms with E-state index in [9.17, 15) is 29.4 Å². The van der Waals surface area contributed by atoms with Gasteiger partial charge in [0, 0.05) is 6.07 Å². The molecule has 0 atom stereocenters. The van der Waals surface area contributed by atoms with Gasteiger partial charge in [-0.05, 0) is 48.0 Å². The molecule has 168 valence electrons. The van der Waals surface area contributed by atoms with Crippen LogP contribution in [0.1, 0.15) is 15.9 Å². The number of nitrogens with zero attached hydrogens (tertiary/aromatic N) is 3. The summed E-state index contributed by atoms with van der Waals surface area (Å²) in [5, 5.41) is 25.9. The number of benzene rings is 3. The number of methoxy groups -OCH3 is 1. The molecule has 0 saturated carbocycles. The molecule has 12 heteroatoms. The molecule has 0 radical (unpaired) electrons. The van der Waals surface area contributed by atoms with Crippen LogP contribution in [0.5, 0.6) is 11.5 Å². The standard InChI is InChI=1S/C21H15FN4O7/c1-32-20-9-13(5-8-19(20)33-21(27)14-3-2-4-15(22)10-14)12-23-24-17-7-6-16(25(28)29)11-18(17)26(30)31/h2-12,24H,1H3/b23-12-. The Kier molecular flexibility index (Phi) is 6.88. The van der Waals surface area contributed by atoms with E-state index in [1.54, 1.807) is 0 Å². The van der Waals surface area contributed by atoms with E-state index in [0.29, 0.717) is 5.56 Å². The zero-order valence-electron chi connectivity index (χ0n) is 16.9. The normalized spacial score (nSPS) is 10.6. The maximum atomic E-state index is 13.3. The first-order valence-electron chi connectivity index (χ1n) is 9.16. The first kappa shape index (κ1) is 22.8. The van der Waals surface area contributed by atoms with E-state index in [-0.39, 0.29) is 22.7 Å². The lowest BCUT2D eigenvalue weighted by atomic mass is 10.2. The number of nitro benzene ring substituents is 2. The summed E-state index contributed by atoms with van der Waals surface area (Å²) in [5.74, 6) is -1.09. The second-order valence-electron chi connectivity index (χ2n) is 6.40. The van der Waals surface area contributed by atoms with Crippen LogP contribution in [0.2, 0.25) is 0 Å². The van der Waals surface area contributed by atoms with Crippen molar-refractivity contribution in [3.63, 3.8) is 0 Å². The summed E-state index contributed by atoms with van der Waals surface area (Å²) < 4.78 is 23.8. The molecular weight excluding hydrogens is 439 g/mol. The van der Waals surface area contributed by atoms with Crippen molar-refractivity contribution in [3.8, 4) is 11.5 Å². The number of rotatable bonds is 8. The fourth-order valence-electron chi connectivity index (χ4n) is 2.68. The third-order valence-corrected chi connectivity index (χ3v) is 4.24. The van der Waals surface area contributed by atoms with Crippen molar-refractivity contribution in [2.75, 3.05) is 12.5 Å². The zero-order chi connectivity index (χ0) is 24.0. The predicted octanol–water partition coefficient (Wildman–Crippen LogP) is 4.32. The highest BCUT2D eigenvalue weighted by atomic mass is 19.1. The van der Waals surface area contributed by atoms with Crippen LogP contribution in [0.4, 0.5) is 21.5 Å². The lowest BCUT2D eigenvalue weighted by Gasteiger charge is -2.10. The predicted molar refractivity (Wildman–Crippen MR) is 115 cm³/mol. The van der Waals surface area contributed by atoms with Gasteiger partial charge in [0.05, 0.1) is 34.8 Å². The third-order valence-electron chi connectivity index (χ3n) is 4.24. The van der Waals surface area contributed by atoms with Crippen LogP contribution in [0.15, 0.2) is 65.8 Å². The summed E-state index contributed by atoms with van der Waals surface area (Å²) in [6.45, 7) is 0. The van der Waals surface area contributed by atoms with Crippen LogP contribution >= 0.6 is 0 Å². The van der Waals surface area contributed by atoms with Gasteiger partial charge in [-0.1, -0.05) is 6.07 Å². The number of esters is 1. The van der Waals surface area contributed by atoms with E-state index < -0.39 is 33.0 Å². The molecule has 0 unspecified atom stereocenters. The van der Waals surface area contributed by atoms with E-state index in [1.165, 1.54) is 55.8 Å². The van der Waals surface area contributed by atoms with Gasteiger partial charge in [-0.3, -0.25) is 25.7 Å². The van der Waals surface area contributed by atoms with E-state index in [4.69, 9.17) is 9.47 Å². The summed E-state index contributed by atoms with van der Waals surface area (Å²) in [6.07, 6.45) is 1.31. The van der Waals surface area contributed by atoms with Crippen LogP contribution in [0.25, 0.3) is 0 Å². The topological polar surface area (TPSA) is 146 Å². The quantitative estimate of drug-likeness (QED) is 0.174. The second-order valence-corrected chi connectivity index (χ2v) is 6.40. The minimum atomic E-state index is -0.777. The molecule has 3 rings (SSSR count). The first-order chi connectivity index (χ1) is 15.8. The molecule has 0 heterocycles. The van der Waals surface area contributed by atoms with Crippen molar-refractivity contribution in [2.45, 2.75) is 0 Å². The number of hydrogen-bond donors (Lipinski definition) is 1. The molecule has 0 spiro atoms. The molecule has 0 aliphatic heterocycles. The van der Waals surface area contributed by atoms with E-state index in [2.05, 4.69) is 10.5 Å². The van der Waals surface area contributed by atoms with Gasteiger partial charge in [-0.25, -0.2) is 9.18 Å². The molecule has 33 heavy (non-hydrogen) atoms. The Labute approximate surface area is 185 Å². The van der Waals surface area contributed by atoms with Gasteiger partial charge in [0.15, 0.2) is 11.5 Å². The molecule has 0 aromatic heterocycles. The SMILES string of the molecule is COc1cc(/C=N\Nc2ccc([N+](=O)[O-])cc2[N+](=O)[O-])ccc1OC(=O)c1cccc(F)c1. The molecule has 1 N–H and O–H groups in total. The molecule has 0 aliphatic carbocycles. The first-order valence-corrected chi connectivity index (χ1v) is 9.16. The van der Waals surface area contributed by atoms with E-state index in [1.807, 2.05) is 0 Å². The number of ether oxygens (including phenoxy) is 2. The van der Waals surface area contributed by atoms with Crippen LogP contribution in [-0.4, -0.2) is 29.1 Å². The number of carbonyl (C=O) groups is 1. The smallest absolute Gasteiger partial charge is 0.343 e. The maximum Gasteiger partial charge on any atom is 0.343 e. The van der Waals surface area contributed by atoms with Gasteiger partial charge in [-0.15, -0.1) is 0 Å². The number of nitrogens with one attached hydrogen (secondary N) is 1. The average Bonchev–Trinajstić information content (AvgIpc) is 2.79. The lowest BCUT2D eigenvalue weighted by molar-refractivity contribution is -0.393. The molecule has 3 aromatic rings. The zero-order valence-corrected chi connectivity index (χ0v) is 16.9. The van der Waals surface area contributed by atoms with Gasteiger partial charge < -0.3 is 9.47 Å². The maximum absolute atomic E-state index is 13.3. The van der Waals surface area contributed by atoms with Gasteiger partial charge >= 0.3 is 11.7 Å². The van der Waals surface area contributed by atoms with Crippen molar-refractivity contribution in [2.24, 2.45) is 5.10 Å². The summed E-state index contributed by atoms with van der Waals surface area (Å²) in [5.41, 5.74) is 1.98. The highest BCUT2D eigenvalue weighted by Gasteiger charge is 2.19. The summed E-state index contributed by atoms with van der Waals surface area (Å²) >= 11 is 0. The van der Waals surface area contributed by atoms with Gasteiger partial charge in [-0.2, -0.15) is 5.10 Å². The molecule has 0 aliphatic rings. The minimum absolute atomic E-state index is 0.0246. The summed E-state index contributed by atoms with van der Waals surface area (Å²) in [7, 11) is 1.36. The number of non-ortho nitro benzene ring substituents is 1. The summed E-state index contributed by atoms with van der Waals surface area (Å²) in [4.78, 5) is 32.7. The van der Waals surface area contributed by atoms with E-state index in [0.717, 1.165) is 18.2 Å². The largest absolute Gasteiger partial charge is 0.493 e. The van der Waals surface area contributed by atoms with Crippen molar-refractivity contribution < 1.29 is 28.5 Å². The molecule has 0 amide bonds. The number of nitro groups is 2. The molecule has 0 saturated heterocycles. The Morgan fingerprint density at radius 1 is 1.03 bits per heavy atom. The van der Waals surface area contributed by atoms with Crippen molar-refractivity contribution in [1.29, 1.82) is 0 Å². The minimum Gasteiger partial charge on any atom is -0.493 e. The van der Waals surface area contributed by atoms with Gasteiger partial charge in [0.25, 0.3) is 5.69 Å². The fourth-order valence-corrected chi connectivity index (χ4v) is 2.68. The van der Waals surface area contributed by atoms with Crippen molar-refractivity contribution >= 4 is 29.2 Å². The number of hydrazone groups is 1. The Bertz CT molecular complexity index is 1260. The molecule has 3 aromatic carbocycles. The number of carbonyl (C=O) groups excluding carboxylic acids is 1. The fraction of sp³-hybridized carbons (Fsp3) is 0.0476. The van der Waals surface area contributed by atoms with Crippen molar-refractivity contribution in [1.82, 2.24) is 0 Å². The van der Waals surface area contributed by atoms with E-state index >= 15 is 0 Å².